The summed E-state index contributed by atoms with van der Waals surface area (Å²) in [4.78, 5) is 40.4. The number of hydrogen-bond acceptors (Lipinski definition) is 8. The molecule has 1 amide bonds. The molecule has 1 aliphatic rings. The first-order chi connectivity index (χ1) is 18.3. The Hall–Kier alpha value is -4.86. The third-order valence-electron chi connectivity index (χ3n) is 6.36. The lowest BCUT2D eigenvalue weighted by Crippen LogP contribution is -2.23. The van der Waals surface area contributed by atoms with Crippen LogP contribution in [0.1, 0.15) is 51.5 Å². The lowest BCUT2D eigenvalue weighted by Gasteiger charge is -2.13. The first kappa shape index (κ1) is 24.8. The second-order valence-electron chi connectivity index (χ2n) is 9.07. The molecule has 1 N–H and O–H groups in total. The molecule has 2 aromatic carbocycles. The van der Waals surface area contributed by atoms with Gasteiger partial charge in [-0.05, 0) is 44.4 Å². The number of fused-ring (bicyclic) bond motifs is 2. The fourth-order valence-electron chi connectivity index (χ4n) is 4.51. The zero-order chi connectivity index (χ0) is 26.8. The number of carbonyl (C=O) groups excluding carboxylic acids is 2. The molecule has 5 rings (SSSR count). The minimum atomic E-state index is -0.630. The number of para-hydroxylation sites is 1. The third-order valence-corrected chi connectivity index (χ3v) is 6.36. The van der Waals surface area contributed by atoms with Gasteiger partial charge in [-0.2, -0.15) is 5.10 Å². The molecule has 1 aliphatic carbocycles. The van der Waals surface area contributed by atoms with E-state index in [1.807, 2.05) is 25.1 Å². The number of pyridine rings is 1. The number of hydrogen-bond donors (Lipinski definition) is 1. The van der Waals surface area contributed by atoms with Crippen LogP contribution < -0.4 is 10.2 Å². The van der Waals surface area contributed by atoms with Crippen LogP contribution in [0.15, 0.2) is 64.1 Å². The zero-order valence-electron chi connectivity index (χ0n) is 20.8. The molecule has 0 saturated carbocycles. The second-order valence-corrected chi connectivity index (χ2v) is 9.07. The van der Waals surface area contributed by atoms with Crippen LogP contribution in [-0.2, 0) is 17.6 Å². The van der Waals surface area contributed by atoms with Crippen LogP contribution in [-0.4, -0.2) is 27.5 Å². The molecular formula is C28H24N4O6. The molecular weight excluding hydrogens is 488 g/mol. The summed E-state index contributed by atoms with van der Waals surface area (Å²) >= 11 is 0. The maximum atomic E-state index is 13.1. The monoisotopic (exact) mass is 512 g/mol. The number of furan rings is 1. The number of nitrogens with one attached hydrogen (secondary N) is 1. The highest BCUT2D eigenvalue weighted by Gasteiger charge is 2.29. The first-order valence-electron chi connectivity index (χ1n) is 12.1. The highest BCUT2D eigenvalue weighted by molar-refractivity contribution is 6.06. The zero-order valence-corrected chi connectivity index (χ0v) is 20.8. The fourth-order valence-corrected chi connectivity index (χ4v) is 4.51. The van der Waals surface area contributed by atoms with Crippen molar-refractivity contribution in [3.05, 3.63) is 98.6 Å². The van der Waals surface area contributed by atoms with Crippen molar-refractivity contribution in [1.29, 1.82) is 0 Å². The number of hydrazone groups is 1. The molecule has 192 valence electrons. The highest BCUT2D eigenvalue weighted by Crippen LogP contribution is 2.31. The van der Waals surface area contributed by atoms with E-state index in [2.05, 4.69) is 15.5 Å². The number of benzene rings is 2. The minimum Gasteiger partial charge on any atom is -0.453 e. The number of aryl methyl sites for hydroxylation is 2. The smallest absolute Gasteiger partial charge is 0.380 e. The van der Waals surface area contributed by atoms with Crippen LogP contribution in [0.4, 0.5) is 5.69 Å². The van der Waals surface area contributed by atoms with E-state index in [1.165, 1.54) is 24.3 Å². The highest BCUT2D eigenvalue weighted by atomic mass is 16.6. The molecule has 0 radical (unpaired) electrons. The van der Waals surface area contributed by atoms with Gasteiger partial charge in [0.1, 0.15) is 11.3 Å². The molecule has 38 heavy (non-hydrogen) atoms. The molecule has 2 heterocycles. The molecule has 10 nitrogen and oxygen atoms in total. The van der Waals surface area contributed by atoms with Gasteiger partial charge in [-0.15, -0.1) is 0 Å². The van der Waals surface area contributed by atoms with Gasteiger partial charge in [0.05, 0.1) is 17.1 Å². The van der Waals surface area contributed by atoms with Gasteiger partial charge in [0, 0.05) is 40.8 Å². The first-order valence-corrected chi connectivity index (χ1v) is 12.1. The number of nitrogens with zero attached hydrogens (tertiary/aromatic N) is 3. The number of aromatic nitrogens is 1. The number of ether oxygens (including phenoxy) is 1. The minimum absolute atomic E-state index is 0.0160. The Bertz CT molecular complexity index is 1600. The Labute approximate surface area is 217 Å². The van der Waals surface area contributed by atoms with Crippen molar-refractivity contribution in [3.63, 3.8) is 0 Å². The molecule has 0 atom stereocenters. The molecule has 0 bridgehead atoms. The topological polar surface area (TPSA) is 137 Å². The molecule has 0 fully saturated rings. The lowest BCUT2D eigenvalue weighted by atomic mass is 9.93. The average molecular weight is 513 g/mol. The Balaban J connectivity index is 1.33. The number of non-ortho nitro benzene ring substituents is 1. The van der Waals surface area contributed by atoms with Gasteiger partial charge < -0.3 is 9.15 Å². The van der Waals surface area contributed by atoms with E-state index in [4.69, 9.17) is 9.15 Å². The number of rotatable bonds is 6. The van der Waals surface area contributed by atoms with Crippen LogP contribution >= 0.6 is 0 Å². The quantitative estimate of drug-likeness (QED) is 0.167. The lowest BCUT2D eigenvalue weighted by molar-refractivity contribution is -0.384. The summed E-state index contributed by atoms with van der Waals surface area (Å²) < 4.78 is 11.6. The summed E-state index contributed by atoms with van der Waals surface area (Å²) in [6.45, 7) is 3.64. The fraction of sp³-hybridized carbons (Fsp3) is 0.214. The largest absolute Gasteiger partial charge is 0.453 e. The SMILES string of the molecule is Cc1ccc2cccc(OC(=O)c3oc4c(c3C)/C(=N/NC(=O)Cc3ccc([N+](=O)[O-])cc3)CCC4)c2n1. The summed E-state index contributed by atoms with van der Waals surface area (Å²) in [6.07, 6.45) is 2.00. The Kier molecular flexibility index (Phi) is 6.69. The molecule has 2 aromatic heterocycles. The standard InChI is InChI=1S/C28H24N4O6/c1-16-9-12-19-5-3-8-23(26(19)29-16)38-28(34)27-17(2)25-21(6-4-7-22(25)37-27)30-31-24(33)15-18-10-13-20(14-11-18)32(35)36/h3,5,8-14H,4,6-7,15H2,1-2H3,(H,31,33)/b30-21+. The summed E-state index contributed by atoms with van der Waals surface area (Å²) in [5.41, 5.74) is 6.45. The van der Waals surface area contributed by atoms with Crippen molar-refractivity contribution in [1.82, 2.24) is 10.4 Å². The van der Waals surface area contributed by atoms with E-state index in [1.54, 1.807) is 19.1 Å². The Morgan fingerprint density at radius 2 is 1.89 bits per heavy atom. The maximum Gasteiger partial charge on any atom is 0.380 e. The van der Waals surface area contributed by atoms with Crippen LogP contribution in [0, 0.1) is 24.0 Å². The maximum absolute atomic E-state index is 13.1. The van der Waals surface area contributed by atoms with Gasteiger partial charge in [-0.3, -0.25) is 14.9 Å². The van der Waals surface area contributed by atoms with Gasteiger partial charge in [0.15, 0.2) is 5.75 Å². The van der Waals surface area contributed by atoms with Crippen LogP contribution in [0.25, 0.3) is 10.9 Å². The molecule has 0 spiro atoms. The number of nitro benzene ring substituents is 1. The van der Waals surface area contributed by atoms with Crippen molar-refractivity contribution in [2.75, 3.05) is 0 Å². The number of nitro groups is 1. The Morgan fingerprint density at radius 3 is 2.66 bits per heavy atom. The van der Waals surface area contributed by atoms with E-state index in [-0.39, 0.29) is 23.8 Å². The summed E-state index contributed by atoms with van der Waals surface area (Å²) in [6, 6.07) is 15.0. The molecule has 10 heteroatoms. The van der Waals surface area contributed by atoms with Crippen molar-refractivity contribution >= 4 is 34.2 Å². The molecule has 0 unspecified atom stereocenters. The Morgan fingerprint density at radius 1 is 1.11 bits per heavy atom. The van der Waals surface area contributed by atoms with Crippen LogP contribution in [0.2, 0.25) is 0 Å². The van der Waals surface area contributed by atoms with Crippen molar-refractivity contribution in [2.45, 2.75) is 39.5 Å². The normalized spacial score (nSPS) is 13.8. The van der Waals surface area contributed by atoms with Crippen LogP contribution in [0.3, 0.4) is 0 Å². The van der Waals surface area contributed by atoms with Crippen LogP contribution in [0.5, 0.6) is 5.75 Å². The van der Waals surface area contributed by atoms with Gasteiger partial charge in [0.25, 0.3) is 5.69 Å². The van der Waals surface area contributed by atoms with E-state index in [0.29, 0.717) is 52.3 Å². The molecule has 4 aromatic rings. The van der Waals surface area contributed by atoms with E-state index >= 15 is 0 Å². The summed E-state index contributed by atoms with van der Waals surface area (Å²) in [7, 11) is 0. The van der Waals surface area contributed by atoms with E-state index < -0.39 is 10.9 Å². The van der Waals surface area contributed by atoms with Gasteiger partial charge in [-0.1, -0.05) is 30.3 Å². The van der Waals surface area contributed by atoms with Crippen molar-refractivity contribution in [2.24, 2.45) is 5.10 Å². The predicted octanol–water partition coefficient (Wildman–Crippen LogP) is 4.97. The number of carbonyl (C=O) groups is 2. The summed E-state index contributed by atoms with van der Waals surface area (Å²) in [5.74, 6) is 0.0621. The number of esters is 1. The van der Waals surface area contributed by atoms with Crippen molar-refractivity contribution < 1.29 is 23.7 Å². The third kappa shape index (κ3) is 5.01. The average Bonchev–Trinajstić information content (AvgIpc) is 3.25. The van der Waals surface area contributed by atoms with E-state index in [9.17, 15) is 19.7 Å². The number of amides is 1. The van der Waals surface area contributed by atoms with Gasteiger partial charge in [-0.25, -0.2) is 15.2 Å². The van der Waals surface area contributed by atoms with Gasteiger partial charge in [0.2, 0.25) is 11.7 Å². The second kappa shape index (κ2) is 10.3. The molecule has 0 saturated heterocycles. The van der Waals surface area contributed by atoms with E-state index in [0.717, 1.165) is 17.5 Å². The predicted molar refractivity (Wildman–Crippen MR) is 139 cm³/mol. The van der Waals surface area contributed by atoms with Gasteiger partial charge >= 0.3 is 5.97 Å². The summed E-state index contributed by atoms with van der Waals surface area (Å²) in [5, 5.41) is 16.0. The van der Waals surface area contributed by atoms with Crippen molar-refractivity contribution in [3.8, 4) is 5.75 Å². The molecule has 0 aliphatic heterocycles.